The fourth-order valence-corrected chi connectivity index (χ4v) is 2.99. The zero-order chi connectivity index (χ0) is 18.6. The lowest BCUT2D eigenvalue weighted by Gasteiger charge is -2.23. The lowest BCUT2D eigenvalue weighted by atomic mass is 10.1. The summed E-state index contributed by atoms with van der Waals surface area (Å²) >= 11 is 0. The van der Waals surface area contributed by atoms with Crippen LogP contribution in [0.5, 0.6) is 5.75 Å². The number of benzene rings is 2. The van der Waals surface area contributed by atoms with E-state index in [1.54, 1.807) is 24.1 Å². The minimum absolute atomic E-state index is 0.0508. The average Bonchev–Trinajstić information content (AvgIpc) is 3.04. The number of hydrogen-bond acceptors (Lipinski definition) is 4. The van der Waals surface area contributed by atoms with Crippen LogP contribution < -0.4 is 4.74 Å². The number of ether oxygens (including phenoxy) is 2. The van der Waals surface area contributed by atoms with Gasteiger partial charge in [-0.3, -0.25) is 4.79 Å². The molecule has 1 amide bonds. The van der Waals surface area contributed by atoms with Gasteiger partial charge in [0.25, 0.3) is 5.91 Å². The minimum atomic E-state index is -1.11. The molecule has 3 rings (SSSR count). The quantitative estimate of drug-likeness (QED) is 0.861. The van der Waals surface area contributed by atoms with Gasteiger partial charge in [0.2, 0.25) is 0 Å². The first-order valence-electron chi connectivity index (χ1n) is 8.47. The normalized spacial score (nSPS) is 19.6. The smallest absolute Gasteiger partial charge is 0.253 e. The van der Waals surface area contributed by atoms with Gasteiger partial charge < -0.3 is 19.5 Å². The van der Waals surface area contributed by atoms with Crippen LogP contribution in [0.4, 0.5) is 4.39 Å². The van der Waals surface area contributed by atoms with E-state index in [1.165, 1.54) is 24.3 Å². The number of β-amino-alcohol motifs (C(OH)–C–C–N with tert-alkyl or cyclic N) is 1. The molecule has 1 saturated heterocycles. The SMILES string of the molecule is COCc1ccc(C(=O)N2CC[C@@](O)(COc3ccc(F)cc3)C2)cc1. The summed E-state index contributed by atoms with van der Waals surface area (Å²) < 4.78 is 23.5. The molecule has 0 saturated carbocycles. The molecular formula is C20H22FNO4. The van der Waals surface area contributed by atoms with Gasteiger partial charge in [-0.2, -0.15) is 0 Å². The molecule has 0 bridgehead atoms. The Labute approximate surface area is 152 Å². The van der Waals surface area contributed by atoms with E-state index < -0.39 is 5.60 Å². The highest BCUT2D eigenvalue weighted by molar-refractivity contribution is 5.94. The Hall–Kier alpha value is -2.44. The van der Waals surface area contributed by atoms with Crippen molar-refractivity contribution >= 4 is 5.91 Å². The topological polar surface area (TPSA) is 59.0 Å². The molecule has 0 radical (unpaired) electrons. The van der Waals surface area contributed by atoms with Gasteiger partial charge in [0.15, 0.2) is 0 Å². The van der Waals surface area contributed by atoms with Crippen molar-refractivity contribution in [1.29, 1.82) is 0 Å². The van der Waals surface area contributed by atoms with Crippen LogP contribution in [0, 0.1) is 5.82 Å². The molecule has 138 valence electrons. The van der Waals surface area contributed by atoms with Crippen molar-refractivity contribution < 1.29 is 23.8 Å². The van der Waals surface area contributed by atoms with Gasteiger partial charge in [0.05, 0.1) is 13.2 Å². The first kappa shape index (κ1) is 18.4. The van der Waals surface area contributed by atoms with Crippen molar-refractivity contribution in [3.63, 3.8) is 0 Å². The van der Waals surface area contributed by atoms with Crippen molar-refractivity contribution in [2.75, 3.05) is 26.8 Å². The number of halogens is 1. The molecule has 0 spiro atoms. The lowest BCUT2D eigenvalue weighted by Crippen LogP contribution is -2.40. The Morgan fingerprint density at radius 2 is 1.88 bits per heavy atom. The summed E-state index contributed by atoms with van der Waals surface area (Å²) in [5.74, 6) is 0.0234. The minimum Gasteiger partial charge on any atom is -0.491 e. The number of rotatable bonds is 6. The van der Waals surface area contributed by atoms with Gasteiger partial charge in [0.1, 0.15) is 23.8 Å². The second-order valence-corrected chi connectivity index (χ2v) is 6.57. The predicted octanol–water partition coefficient (Wildman–Crippen LogP) is 2.63. The second-order valence-electron chi connectivity index (χ2n) is 6.57. The van der Waals surface area contributed by atoms with Gasteiger partial charge in [0, 0.05) is 19.2 Å². The summed E-state index contributed by atoms with van der Waals surface area (Å²) in [6.07, 6.45) is 0.432. The van der Waals surface area contributed by atoms with Crippen LogP contribution >= 0.6 is 0 Å². The number of carbonyl (C=O) groups excluding carboxylic acids is 1. The molecule has 5 nitrogen and oxygen atoms in total. The Bertz CT molecular complexity index is 747. The van der Waals surface area contributed by atoms with Gasteiger partial charge in [-0.25, -0.2) is 4.39 Å². The van der Waals surface area contributed by atoms with E-state index in [-0.39, 0.29) is 24.9 Å². The number of amides is 1. The summed E-state index contributed by atoms with van der Waals surface area (Å²) in [6.45, 7) is 1.21. The van der Waals surface area contributed by atoms with Crippen molar-refractivity contribution in [2.24, 2.45) is 0 Å². The molecule has 1 fully saturated rings. The molecule has 0 aliphatic carbocycles. The Balaban J connectivity index is 1.57. The number of methoxy groups -OCH3 is 1. The second kappa shape index (κ2) is 7.85. The summed E-state index contributed by atoms with van der Waals surface area (Å²) in [4.78, 5) is 14.2. The molecule has 0 aromatic heterocycles. The third-order valence-corrected chi connectivity index (χ3v) is 4.45. The van der Waals surface area contributed by atoms with Gasteiger partial charge in [-0.1, -0.05) is 12.1 Å². The number of nitrogens with zero attached hydrogens (tertiary/aromatic N) is 1. The van der Waals surface area contributed by atoms with Gasteiger partial charge in [-0.05, 0) is 48.4 Å². The maximum atomic E-state index is 12.9. The Morgan fingerprint density at radius 3 is 2.54 bits per heavy atom. The van der Waals surface area contributed by atoms with Crippen LogP contribution in [0.2, 0.25) is 0 Å². The van der Waals surface area contributed by atoms with Crippen LogP contribution in [0.3, 0.4) is 0 Å². The Morgan fingerprint density at radius 1 is 1.19 bits per heavy atom. The van der Waals surface area contributed by atoms with E-state index in [1.807, 2.05) is 12.1 Å². The maximum Gasteiger partial charge on any atom is 0.253 e. The molecule has 0 unspecified atom stereocenters. The average molecular weight is 359 g/mol. The lowest BCUT2D eigenvalue weighted by molar-refractivity contribution is 0.00429. The van der Waals surface area contributed by atoms with Crippen LogP contribution in [-0.4, -0.2) is 48.3 Å². The first-order chi connectivity index (χ1) is 12.5. The highest BCUT2D eigenvalue weighted by Gasteiger charge is 2.39. The van der Waals surface area contributed by atoms with E-state index in [0.717, 1.165) is 5.56 Å². The van der Waals surface area contributed by atoms with E-state index in [9.17, 15) is 14.3 Å². The number of carbonyl (C=O) groups is 1. The van der Waals surface area contributed by atoms with Crippen molar-refractivity contribution in [2.45, 2.75) is 18.6 Å². The van der Waals surface area contributed by atoms with E-state index in [2.05, 4.69) is 0 Å². The number of aliphatic hydroxyl groups is 1. The molecule has 2 aromatic rings. The third-order valence-electron chi connectivity index (χ3n) is 4.45. The molecule has 6 heteroatoms. The monoisotopic (exact) mass is 359 g/mol. The molecule has 1 heterocycles. The van der Waals surface area contributed by atoms with Crippen LogP contribution in [0.25, 0.3) is 0 Å². The summed E-state index contributed by atoms with van der Waals surface area (Å²) in [7, 11) is 1.62. The zero-order valence-electron chi connectivity index (χ0n) is 14.7. The molecular weight excluding hydrogens is 337 g/mol. The van der Waals surface area contributed by atoms with Crippen molar-refractivity contribution in [1.82, 2.24) is 4.90 Å². The number of hydrogen-bond donors (Lipinski definition) is 1. The fraction of sp³-hybridized carbons (Fsp3) is 0.350. The molecule has 2 aromatic carbocycles. The highest BCUT2D eigenvalue weighted by atomic mass is 19.1. The third kappa shape index (κ3) is 4.39. The largest absolute Gasteiger partial charge is 0.491 e. The van der Waals surface area contributed by atoms with E-state index >= 15 is 0 Å². The summed E-state index contributed by atoms with van der Waals surface area (Å²) in [6, 6.07) is 12.9. The van der Waals surface area contributed by atoms with E-state index in [0.29, 0.717) is 30.9 Å². The predicted molar refractivity (Wildman–Crippen MR) is 94.5 cm³/mol. The molecule has 26 heavy (non-hydrogen) atoms. The van der Waals surface area contributed by atoms with E-state index in [4.69, 9.17) is 9.47 Å². The molecule has 1 aliphatic rings. The highest BCUT2D eigenvalue weighted by Crippen LogP contribution is 2.24. The van der Waals surface area contributed by atoms with Gasteiger partial charge >= 0.3 is 0 Å². The Kier molecular flexibility index (Phi) is 5.54. The fourth-order valence-electron chi connectivity index (χ4n) is 2.99. The molecule has 1 aliphatic heterocycles. The number of likely N-dealkylation sites (tertiary alicyclic amines) is 1. The van der Waals surface area contributed by atoms with Gasteiger partial charge in [-0.15, -0.1) is 0 Å². The summed E-state index contributed by atoms with van der Waals surface area (Å²) in [5, 5.41) is 10.7. The maximum absolute atomic E-state index is 12.9. The zero-order valence-corrected chi connectivity index (χ0v) is 14.7. The van der Waals surface area contributed by atoms with Crippen LogP contribution in [0.1, 0.15) is 22.3 Å². The van der Waals surface area contributed by atoms with Crippen molar-refractivity contribution in [3.8, 4) is 5.75 Å². The molecule has 1 N–H and O–H groups in total. The van der Waals surface area contributed by atoms with Crippen LogP contribution in [0.15, 0.2) is 48.5 Å². The van der Waals surface area contributed by atoms with Crippen LogP contribution in [-0.2, 0) is 11.3 Å². The molecule has 1 atom stereocenters. The van der Waals surface area contributed by atoms with Crippen molar-refractivity contribution in [3.05, 3.63) is 65.5 Å². The summed E-state index contributed by atoms with van der Waals surface area (Å²) in [5.41, 5.74) is 0.461. The standard InChI is InChI=1S/C20H22FNO4/c1-25-12-15-2-4-16(5-3-15)19(23)22-11-10-20(24,13-22)14-26-18-8-6-17(21)7-9-18/h2-9,24H,10-14H2,1H3/t20-/m0/s1. The first-order valence-corrected chi connectivity index (χ1v) is 8.47.